The Kier molecular flexibility index (Phi) is 4.15. The van der Waals surface area contributed by atoms with Crippen LogP contribution in [-0.4, -0.2) is 55.3 Å². The molecule has 25 heavy (non-hydrogen) atoms. The fraction of sp³-hybridized carbons (Fsp3) is 0.333. The highest BCUT2D eigenvalue weighted by Crippen LogP contribution is 2.22. The lowest BCUT2D eigenvalue weighted by Crippen LogP contribution is -2.31. The van der Waals surface area contributed by atoms with E-state index in [0.29, 0.717) is 19.5 Å². The van der Waals surface area contributed by atoms with Crippen LogP contribution in [0.15, 0.2) is 42.9 Å². The summed E-state index contributed by atoms with van der Waals surface area (Å²) in [5.74, 6) is -0.0192. The van der Waals surface area contributed by atoms with E-state index >= 15 is 0 Å². The number of aliphatic hydroxyl groups excluding tert-OH is 1. The van der Waals surface area contributed by atoms with Crippen molar-refractivity contribution < 1.29 is 9.90 Å². The van der Waals surface area contributed by atoms with Crippen molar-refractivity contribution in [2.75, 3.05) is 13.1 Å². The molecule has 3 aromatic rings. The number of β-amino-alcohol motifs (C(OH)–C–C–N with tert-alkyl or cyclic N) is 1. The first-order valence-corrected chi connectivity index (χ1v) is 8.33. The topological polar surface area (TPSA) is 95.0 Å². The van der Waals surface area contributed by atoms with Crippen molar-refractivity contribution in [1.29, 1.82) is 0 Å². The van der Waals surface area contributed by atoms with Crippen LogP contribution < -0.4 is 0 Å². The average molecular weight is 337 g/mol. The fourth-order valence-corrected chi connectivity index (χ4v) is 3.37. The molecule has 0 spiro atoms. The molecule has 0 saturated carbocycles. The number of fused-ring (bicyclic) bond motifs is 1. The van der Waals surface area contributed by atoms with Gasteiger partial charge >= 0.3 is 0 Å². The monoisotopic (exact) mass is 337 g/mol. The Hall–Kier alpha value is -2.80. The van der Waals surface area contributed by atoms with Gasteiger partial charge in [-0.3, -0.25) is 19.9 Å². The minimum Gasteiger partial charge on any atom is -0.391 e. The third-order valence-electron chi connectivity index (χ3n) is 4.72. The van der Waals surface area contributed by atoms with Gasteiger partial charge in [-0.15, -0.1) is 0 Å². The first-order valence-electron chi connectivity index (χ1n) is 8.33. The minimum atomic E-state index is -0.538. The van der Waals surface area contributed by atoms with Crippen LogP contribution in [0.4, 0.5) is 0 Å². The summed E-state index contributed by atoms with van der Waals surface area (Å²) in [6.45, 7) is 0.887. The van der Waals surface area contributed by atoms with Gasteiger partial charge in [0.25, 0.3) is 0 Å². The maximum Gasteiger partial charge on any atom is 0.228 e. The molecule has 2 atom stereocenters. The number of carbonyl (C=O) groups excluding carboxylic acids is 1. The van der Waals surface area contributed by atoms with Crippen LogP contribution in [0.25, 0.3) is 10.9 Å². The SMILES string of the molecule is O=C(Cc1[nH]nc2ccccc12)N1C[C@@H](Cc2cnccn2)[C@H](O)C1. The number of carbonyl (C=O) groups is 1. The molecule has 0 bridgehead atoms. The molecule has 2 aromatic heterocycles. The standard InChI is InChI=1S/C18H19N5O2/c24-17-11-23(10-12(17)7-13-9-19-5-6-20-13)18(25)8-16-14-3-1-2-4-15(14)21-22-16/h1-6,9,12,17,24H,7-8,10-11H2,(H,21,22)/t12-,17-/m1/s1. The number of hydrogen-bond acceptors (Lipinski definition) is 5. The second kappa shape index (κ2) is 6.60. The summed E-state index contributed by atoms with van der Waals surface area (Å²) >= 11 is 0. The number of hydrogen-bond donors (Lipinski definition) is 2. The number of para-hydroxylation sites is 1. The van der Waals surface area contributed by atoms with Gasteiger partial charge in [0.15, 0.2) is 0 Å². The van der Waals surface area contributed by atoms with Gasteiger partial charge < -0.3 is 10.0 Å². The molecular weight excluding hydrogens is 318 g/mol. The molecule has 7 nitrogen and oxygen atoms in total. The zero-order valence-corrected chi connectivity index (χ0v) is 13.7. The van der Waals surface area contributed by atoms with Crippen molar-refractivity contribution in [1.82, 2.24) is 25.1 Å². The van der Waals surface area contributed by atoms with E-state index in [4.69, 9.17) is 0 Å². The van der Waals surface area contributed by atoms with Crippen LogP contribution >= 0.6 is 0 Å². The van der Waals surface area contributed by atoms with Crippen LogP contribution in [0.1, 0.15) is 11.4 Å². The summed E-state index contributed by atoms with van der Waals surface area (Å²) in [4.78, 5) is 22.7. The zero-order chi connectivity index (χ0) is 17.2. The number of aromatic amines is 1. The van der Waals surface area contributed by atoms with Crippen molar-refractivity contribution in [3.8, 4) is 0 Å². The second-order valence-corrected chi connectivity index (χ2v) is 6.42. The predicted molar refractivity (Wildman–Crippen MR) is 91.6 cm³/mol. The Morgan fingerprint density at radius 2 is 2.16 bits per heavy atom. The van der Waals surface area contributed by atoms with Gasteiger partial charge in [-0.05, 0) is 12.5 Å². The number of likely N-dealkylation sites (tertiary alicyclic amines) is 1. The fourth-order valence-electron chi connectivity index (χ4n) is 3.37. The van der Waals surface area contributed by atoms with Crippen molar-refractivity contribution in [2.24, 2.45) is 5.92 Å². The highest BCUT2D eigenvalue weighted by atomic mass is 16.3. The van der Waals surface area contributed by atoms with E-state index < -0.39 is 6.10 Å². The molecule has 1 aliphatic heterocycles. The number of aromatic nitrogens is 4. The molecule has 7 heteroatoms. The van der Waals surface area contributed by atoms with Gasteiger partial charge in [0, 0.05) is 43.0 Å². The summed E-state index contributed by atoms with van der Waals surface area (Å²) in [5.41, 5.74) is 2.50. The van der Waals surface area contributed by atoms with E-state index in [1.54, 1.807) is 23.5 Å². The largest absolute Gasteiger partial charge is 0.391 e. The molecule has 1 aromatic carbocycles. The zero-order valence-electron chi connectivity index (χ0n) is 13.7. The Balaban J connectivity index is 1.43. The molecule has 4 rings (SSSR count). The van der Waals surface area contributed by atoms with Crippen LogP contribution in [-0.2, 0) is 17.6 Å². The first-order chi connectivity index (χ1) is 12.2. The van der Waals surface area contributed by atoms with Gasteiger partial charge in [0.1, 0.15) is 0 Å². The first kappa shape index (κ1) is 15.7. The van der Waals surface area contributed by atoms with Gasteiger partial charge in [0.2, 0.25) is 5.91 Å². The molecule has 0 radical (unpaired) electrons. The van der Waals surface area contributed by atoms with Crippen molar-refractivity contribution in [3.63, 3.8) is 0 Å². The summed E-state index contributed by atoms with van der Waals surface area (Å²) in [6, 6.07) is 7.72. The molecule has 0 unspecified atom stereocenters. The van der Waals surface area contributed by atoms with Crippen LogP contribution in [0.3, 0.4) is 0 Å². The Morgan fingerprint density at radius 1 is 1.28 bits per heavy atom. The molecule has 3 heterocycles. The van der Waals surface area contributed by atoms with E-state index in [1.165, 1.54) is 0 Å². The molecular formula is C18H19N5O2. The highest BCUT2D eigenvalue weighted by molar-refractivity contribution is 5.87. The van der Waals surface area contributed by atoms with E-state index in [1.807, 2.05) is 24.3 Å². The lowest BCUT2D eigenvalue weighted by Gasteiger charge is -2.15. The van der Waals surface area contributed by atoms with Gasteiger partial charge in [-0.25, -0.2) is 0 Å². The number of benzene rings is 1. The van der Waals surface area contributed by atoms with Crippen molar-refractivity contribution in [2.45, 2.75) is 18.9 Å². The quantitative estimate of drug-likeness (QED) is 0.739. The predicted octanol–water partition coefficient (Wildman–Crippen LogP) is 0.957. The number of nitrogens with zero attached hydrogens (tertiary/aromatic N) is 4. The number of H-pyrrole nitrogens is 1. The Bertz CT molecular complexity index is 879. The van der Waals surface area contributed by atoms with E-state index in [2.05, 4.69) is 20.2 Å². The molecule has 1 aliphatic rings. The number of aliphatic hydroxyl groups is 1. The highest BCUT2D eigenvalue weighted by Gasteiger charge is 2.34. The maximum atomic E-state index is 12.6. The van der Waals surface area contributed by atoms with Crippen LogP contribution in [0.2, 0.25) is 0 Å². The molecule has 1 amide bonds. The smallest absolute Gasteiger partial charge is 0.228 e. The second-order valence-electron chi connectivity index (χ2n) is 6.42. The summed E-state index contributed by atoms with van der Waals surface area (Å²) in [6.07, 6.45) is 5.30. The van der Waals surface area contributed by atoms with E-state index in [-0.39, 0.29) is 18.2 Å². The van der Waals surface area contributed by atoms with Crippen molar-refractivity contribution in [3.05, 3.63) is 54.2 Å². The van der Waals surface area contributed by atoms with Crippen LogP contribution in [0.5, 0.6) is 0 Å². The van der Waals surface area contributed by atoms with Gasteiger partial charge in [-0.2, -0.15) is 5.10 Å². The van der Waals surface area contributed by atoms with E-state index in [0.717, 1.165) is 22.3 Å². The molecule has 1 saturated heterocycles. The number of rotatable bonds is 4. The molecule has 1 fully saturated rings. The molecule has 128 valence electrons. The number of nitrogens with one attached hydrogen (secondary N) is 1. The van der Waals surface area contributed by atoms with Crippen LogP contribution in [0, 0.1) is 5.92 Å². The van der Waals surface area contributed by atoms with Gasteiger partial charge in [0.05, 0.1) is 29.4 Å². The van der Waals surface area contributed by atoms with Gasteiger partial charge in [-0.1, -0.05) is 18.2 Å². The third kappa shape index (κ3) is 3.23. The normalized spacial score (nSPS) is 20.3. The number of amides is 1. The van der Waals surface area contributed by atoms with E-state index in [9.17, 15) is 9.90 Å². The summed E-state index contributed by atoms with van der Waals surface area (Å²) in [7, 11) is 0. The van der Waals surface area contributed by atoms with Crippen molar-refractivity contribution >= 4 is 16.8 Å². The average Bonchev–Trinajstić information content (AvgIpc) is 3.20. The Morgan fingerprint density at radius 3 is 3.00 bits per heavy atom. The lowest BCUT2D eigenvalue weighted by atomic mass is 10.0. The minimum absolute atomic E-state index is 0.00454. The lowest BCUT2D eigenvalue weighted by molar-refractivity contribution is -0.129. The molecule has 0 aliphatic carbocycles. The Labute approximate surface area is 144 Å². The summed E-state index contributed by atoms with van der Waals surface area (Å²) in [5, 5.41) is 18.4. The maximum absolute atomic E-state index is 12.6. The summed E-state index contributed by atoms with van der Waals surface area (Å²) < 4.78 is 0. The molecule has 2 N–H and O–H groups in total. The third-order valence-corrected chi connectivity index (χ3v) is 4.72.